The van der Waals surface area contributed by atoms with Crippen molar-refractivity contribution < 1.29 is 14.7 Å². The van der Waals surface area contributed by atoms with E-state index in [0.717, 1.165) is 0 Å². The Morgan fingerprint density at radius 2 is 2.05 bits per heavy atom. The second-order valence-electron chi connectivity index (χ2n) is 4.03. The van der Waals surface area contributed by atoms with Crippen LogP contribution in [-0.2, 0) is 9.59 Å². The van der Waals surface area contributed by atoms with Crippen molar-refractivity contribution in [3.8, 4) is 0 Å². The monoisotopic (exact) mass is 304 g/mol. The Bertz CT molecular complexity index is 480. The molecule has 0 bridgehead atoms. The first-order valence-electron chi connectivity index (χ1n) is 5.54. The number of hydrogen-bond acceptors (Lipinski definition) is 3. The molecule has 7 heteroatoms. The molecule has 19 heavy (non-hydrogen) atoms. The second-order valence-corrected chi connectivity index (χ2v) is 4.82. The topological polar surface area (TPSA) is 69.6 Å². The number of nitrogens with one attached hydrogen (secondary N) is 1. The van der Waals surface area contributed by atoms with Gasteiger partial charge in [0.1, 0.15) is 0 Å². The Labute approximate surface area is 121 Å². The molecular weight excluding hydrogens is 291 g/mol. The molecule has 0 heterocycles. The smallest absolute Gasteiger partial charge is 0.304 e. The van der Waals surface area contributed by atoms with Crippen molar-refractivity contribution in [1.82, 2.24) is 4.90 Å². The molecule has 0 saturated carbocycles. The number of carboxylic acids is 1. The van der Waals surface area contributed by atoms with Crippen LogP contribution in [0.15, 0.2) is 18.2 Å². The maximum Gasteiger partial charge on any atom is 0.304 e. The maximum absolute atomic E-state index is 11.7. The van der Waals surface area contributed by atoms with Crippen molar-refractivity contribution in [1.29, 1.82) is 0 Å². The molecule has 0 aliphatic carbocycles. The van der Waals surface area contributed by atoms with Gasteiger partial charge in [0.05, 0.1) is 28.7 Å². The number of carbonyl (C=O) groups is 2. The third kappa shape index (κ3) is 5.46. The summed E-state index contributed by atoms with van der Waals surface area (Å²) in [6, 6.07) is 4.94. The molecule has 5 nitrogen and oxygen atoms in total. The number of aliphatic carboxylic acids is 1. The number of amides is 1. The number of anilines is 1. The molecule has 0 aliphatic rings. The van der Waals surface area contributed by atoms with Crippen LogP contribution in [0.5, 0.6) is 0 Å². The van der Waals surface area contributed by atoms with E-state index in [1.807, 2.05) is 0 Å². The Hall–Kier alpha value is -1.30. The number of nitrogens with zero attached hydrogens (tertiary/aromatic N) is 1. The number of benzene rings is 1. The predicted octanol–water partition coefficient (Wildman–Crippen LogP) is 2.34. The first-order chi connectivity index (χ1) is 8.90. The molecule has 0 radical (unpaired) electrons. The van der Waals surface area contributed by atoms with E-state index in [2.05, 4.69) is 5.32 Å². The minimum Gasteiger partial charge on any atom is -0.481 e. The van der Waals surface area contributed by atoms with E-state index in [4.69, 9.17) is 28.3 Å². The number of halogens is 2. The highest BCUT2D eigenvalue weighted by atomic mass is 35.5. The van der Waals surface area contributed by atoms with E-state index in [1.54, 1.807) is 30.1 Å². The zero-order valence-corrected chi connectivity index (χ0v) is 11.8. The first-order valence-corrected chi connectivity index (χ1v) is 6.30. The summed E-state index contributed by atoms with van der Waals surface area (Å²) in [4.78, 5) is 23.7. The quantitative estimate of drug-likeness (QED) is 0.846. The van der Waals surface area contributed by atoms with Crippen LogP contribution in [0.2, 0.25) is 10.0 Å². The van der Waals surface area contributed by atoms with Gasteiger partial charge in [0, 0.05) is 6.54 Å². The zero-order valence-electron chi connectivity index (χ0n) is 10.3. The van der Waals surface area contributed by atoms with Crippen LogP contribution in [0.3, 0.4) is 0 Å². The van der Waals surface area contributed by atoms with Gasteiger partial charge in [-0.15, -0.1) is 0 Å². The molecular formula is C12H14Cl2N2O3. The van der Waals surface area contributed by atoms with Crippen LogP contribution in [0.25, 0.3) is 0 Å². The van der Waals surface area contributed by atoms with Gasteiger partial charge in [-0.25, -0.2) is 0 Å². The standard InChI is InChI=1S/C12H14Cl2N2O3/c1-16(6-5-11(18)19)7-10(17)15-9-4-2-3-8(13)12(9)14/h2-4H,5-7H2,1H3,(H,15,17)(H,18,19). The van der Waals surface area contributed by atoms with Crippen LogP contribution in [-0.4, -0.2) is 42.0 Å². The van der Waals surface area contributed by atoms with E-state index < -0.39 is 5.97 Å². The predicted molar refractivity (Wildman–Crippen MR) is 74.8 cm³/mol. The van der Waals surface area contributed by atoms with Crippen molar-refractivity contribution in [3.63, 3.8) is 0 Å². The highest BCUT2D eigenvalue weighted by Crippen LogP contribution is 2.29. The van der Waals surface area contributed by atoms with E-state index >= 15 is 0 Å². The van der Waals surface area contributed by atoms with Gasteiger partial charge in [0.25, 0.3) is 0 Å². The lowest BCUT2D eigenvalue weighted by Crippen LogP contribution is -2.31. The summed E-state index contributed by atoms with van der Waals surface area (Å²) in [5, 5.41) is 11.8. The lowest BCUT2D eigenvalue weighted by atomic mass is 10.3. The molecule has 0 saturated heterocycles. The van der Waals surface area contributed by atoms with Crippen LogP contribution in [0, 0.1) is 0 Å². The average Bonchev–Trinajstić information content (AvgIpc) is 2.32. The Morgan fingerprint density at radius 1 is 1.37 bits per heavy atom. The van der Waals surface area contributed by atoms with E-state index in [0.29, 0.717) is 17.3 Å². The van der Waals surface area contributed by atoms with Gasteiger partial charge in [-0.3, -0.25) is 14.5 Å². The molecule has 1 amide bonds. The van der Waals surface area contributed by atoms with Crippen molar-refractivity contribution in [2.45, 2.75) is 6.42 Å². The molecule has 1 aromatic rings. The van der Waals surface area contributed by atoms with Gasteiger partial charge in [0.2, 0.25) is 5.91 Å². The summed E-state index contributed by atoms with van der Waals surface area (Å²) in [6.45, 7) is 0.377. The highest BCUT2D eigenvalue weighted by Gasteiger charge is 2.11. The third-order valence-electron chi connectivity index (χ3n) is 2.35. The van der Waals surface area contributed by atoms with Crippen LogP contribution in [0.1, 0.15) is 6.42 Å². The Kier molecular flexibility index (Phi) is 6.08. The summed E-state index contributed by atoms with van der Waals surface area (Å²) < 4.78 is 0. The van der Waals surface area contributed by atoms with Gasteiger partial charge in [-0.2, -0.15) is 0 Å². The fraction of sp³-hybridized carbons (Fsp3) is 0.333. The largest absolute Gasteiger partial charge is 0.481 e. The summed E-state index contributed by atoms with van der Waals surface area (Å²) >= 11 is 11.8. The van der Waals surface area contributed by atoms with Crippen molar-refractivity contribution in [2.75, 3.05) is 25.5 Å². The SMILES string of the molecule is CN(CCC(=O)O)CC(=O)Nc1cccc(Cl)c1Cl. The van der Waals surface area contributed by atoms with Gasteiger partial charge in [-0.05, 0) is 19.2 Å². The van der Waals surface area contributed by atoms with Crippen molar-refractivity contribution >= 4 is 40.8 Å². The van der Waals surface area contributed by atoms with Gasteiger partial charge in [0.15, 0.2) is 0 Å². The summed E-state index contributed by atoms with van der Waals surface area (Å²) in [5.41, 5.74) is 0.436. The first kappa shape index (κ1) is 15.8. The fourth-order valence-corrected chi connectivity index (χ4v) is 1.75. The number of hydrogen-bond donors (Lipinski definition) is 2. The van der Waals surface area contributed by atoms with Crippen LogP contribution in [0.4, 0.5) is 5.69 Å². The highest BCUT2D eigenvalue weighted by molar-refractivity contribution is 6.43. The number of rotatable bonds is 6. The zero-order chi connectivity index (χ0) is 14.4. The molecule has 2 N–H and O–H groups in total. The minimum atomic E-state index is -0.898. The normalized spacial score (nSPS) is 10.5. The molecule has 0 unspecified atom stereocenters. The summed E-state index contributed by atoms with van der Waals surface area (Å²) in [5.74, 6) is -1.18. The van der Waals surface area contributed by atoms with Crippen LogP contribution < -0.4 is 5.32 Å². The summed E-state index contributed by atoms with van der Waals surface area (Å²) in [7, 11) is 1.67. The summed E-state index contributed by atoms with van der Waals surface area (Å²) in [6.07, 6.45) is -0.0122. The Morgan fingerprint density at radius 3 is 2.68 bits per heavy atom. The third-order valence-corrected chi connectivity index (χ3v) is 3.17. The van der Waals surface area contributed by atoms with Crippen molar-refractivity contribution in [2.24, 2.45) is 0 Å². The lowest BCUT2D eigenvalue weighted by molar-refractivity contribution is -0.137. The maximum atomic E-state index is 11.7. The van der Waals surface area contributed by atoms with E-state index in [1.165, 1.54) is 0 Å². The second kappa shape index (κ2) is 7.33. The molecule has 0 fully saturated rings. The number of carboxylic acid groups (broad SMARTS) is 1. The molecule has 1 aromatic carbocycles. The molecule has 104 valence electrons. The van der Waals surface area contributed by atoms with E-state index in [-0.39, 0.29) is 23.9 Å². The molecule has 1 rings (SSSR count). The van der Waals surface area contributed by atoms with Gasteiger partial charge in [-0.1, -0.05) is 29.3 Å². The Balaban J connectivity index is 2.51. The van der Waals surface area contributed by atoms with Gasteiger partial charge >= 0.3 is 5.97 Å². The lowest BCUT2D eigenvalue weighted by Gasteiger charge is -2.15. The molecule has 0 spiro atoms. The molecule has 0 aliphatic heterocycles. The fourth-order valence-electron chi connectivity index (χ4n) is 1.40. The molecule has 0 aromatic heterocycles. The van der Waals surface area contributed by atoms with Gasteiger partial charge < -0.3 is 10.4 Å². The van der Waals surface area contributed by atoms with Crippen molar-refractivity contribution in [3.05, 3.63) is 28.2 Å². The van der Waals surface area contributed by atoms with E-state index in [9.17, 15) is 9.59 Å². The molecule has 0 atom stereocenters. The number of likely N-dealkylation sites (N-methyl/N-ethyl adjacent to an activating group) is 1. The number of carbonyl (C=O) groups excluding carboxylic acids is 1. The minimum absolute atomic E-state index is 0.0122. The average molecular weight is 305 g/mol. The van der Waals surface area contributed by atoms with Crippen LogP contribution >= 0.6 is 23.2 Å².